The van der Waals surface area contributed by atoms with E-state index in [9.17, 15) is 0 Å². The summed E-state index contributed by atoms with van der Waals surface area (Å²) in [5.41, 5.74) is 14.2. The maximum Gasteiger partial charge on any atom is 0.150 e. The minimum Gasteiger partial charge on any atom is -0.455 e. The molecular formula is C20H26N2O2. The van der Waals surface area contributed by atoms with Crippen LogP contribution in [0.1, 0.15) is 37.2 Å². The fourth-order valence-electron chi connectivity index (χ4n) is 3.49. The summed E-state index contributed by atoms with van der Waals surface area (Å²) in [6.07, 6.45) is 4.97. The Morgan fingerprint density at radius 3 is 2.29 bits per heavy atom. The molecule has 2 aromatic rings. The molecule has 0 aromatic heterocycles. The molecule has 0 radical (unpaired) electrons. The Morgan fingerprint density at radius 2 is 1.67 bits per heavy atom. The van der Waals surface area contributed by atoms with Crippen LogP contribution >= 0.6 is 0 Å². The lowest BCUT2D eigenvalue weighted by molar-refractivity contribution is 0.127. The predicted octanol–water partition coefficient (Wildman–Crippen LogP) is 4.56. The van der Waals surface area contributed by atoms with Crippen molar-refractivity contribution in [3.8, 4) is 11.5 Å². The summed E-state index contributed by atoms with van der Waals surface area (Å²) < 4.78 is 11.1. The van der Waals surface area contributed by atoms with Gasteiger partial charge < -0.3 is 20.9 Å². The molecule has 1 fully saturated rings. The highest BCUT2D eigenvalue weighted by Crippen LogP contribution is 2.37. The Bertz CT molecular complexity index is 662. The van der Waals surface area contributed by atoms with Crippen LogP contribution in [0.5, 0.6) is 11.5 Å². The molecule has 0 unspecified atom stereocenters. The van der Waals surface area contributed by atoms with Gasteiger partial charge in [-0.3, -0.25) is 0 Å². The molecule has 128 valence electrons. The highest BCUT2D eigenvalue weighted by Gasteiger charge is 2.22. The third kappa shape index (κ3) is 4.01. The fourth-order valence-corrected chi connectivity index (χ4v) is 3.49. The number of nitrogen functional groups attached to an aromatic ring is 2. The van der Waals surface area contributed by atoms with Gasteiger partial charge in [0, 0.05) is 19.4 Å². The van der Waals surface area contributed by atoms with Crippen molar-refractivity contribution in [2.24, 2.45) is 5.92 Å². The van der Waals surface area contributed by atoms with Crippen molar-refractivity contribution in [3.63, 3.8) is 0 Å². The molecule has 0 saturated heterocycles. The lowest BCUT2D eigenvalue weighted by atomic mass is 9.79. The van der Waals surface area contributed by atoms with Gasteiger partial charge in [-0.15, -0.1) is 0 Å². The fraction of sp³-hybridized carbons (Fsp3) is 0.400. The number of anilines is 2. The van der Waals surface area contributed by atoms with E-state index in [0.29, 0.717) is 23.0 Å². The van der Waals surface area contributed by atoms with Gasteiger partial charge in [0.1, 0.15) is 11.5 Å². The van der Waals surface area contributed by atoms with Crippen LogP contribution in [-0.4, -0.2) is 13.7 Å². The van der Waals surface area contributed by atoms with Crippen molar-refractivity contribution in [1.29, 1.82) is 0 Å². The van der Waals surface area contributed by atoms with Crippen LogP contribution < -0.4 is 16.2 Å². The van der Waals surface area contributed by atoms with E-state index in [2.05, 4.69) is 12.1 Å². The third-order valence-corrected chi connectivity index (χ3v) is 4.86. The summed E-state index contributed by atoms with van der Waals surface area (Å²) in [7, 11) is 1.79. The monoisotopic (exact) mass is 326 g/mol. The van der Waals surface area contributed by atoms with Crippen LogP contribution in [0.2, 0.25) is 0 Å². The first-order chi connectivity index (χ1) is 11.7. The topological polar surface area (TPSA) is 70.5 Å². The molecule has 0 spiro atoms. The van der Waals surface area contributed by atoms with E-state index >= 15 is 0 Å². The van der Waals surface area contributed by atoms with E-state index in [-0.39, 0.29) is 0 Å². The first kappa shape index (κ1) is 16.7. The van der Waals surface area contributed by atoms with Gasteiger partial charge in [0.2, 0.25) is 0 Å². The number of benzene rings is 2. The Kier molecular flexibility index (Phi) is 5.26. The SMILES string of the molecule is COCC1CCC(c2ccc(Oc3ccc(N)cc3N)cc2)CC1. The van der Waals surface area contributed by atoms with Crippen molar-refractivity contribution >= 4 is 11.4 Å². The summed E-state index contributed by atoms with van der Waals surface area (Å²) in [5.74, 6) is 2.80. The Hall–Kier alpha value is -2.20. The van der Waals surface area contributed by atoms with Gasteiger partial charge in [0.15, 0.2) is 0 Å². The Labute approximate surface area is 143 Å². The minimum atomic E-state index is 0.551. The van der Waals surface area contributed by atoms with Crippen molar-refractivity contribution in [2.75, 3.05) is 25.2 Å². The van der Waals surface area contributed by atoms with Gasteiger partial charge in [-0.25, -0.2) is 0 Å². The molecule has 1 saturated carbocycles. The van der Waals surface area contributed by atoms with Crippen LogP contribution in [0.4, 0.5) is 11.4 Å². The second-order valence-electron chi connectivity index (χ2n) is 6.64. The standard InChI is InChI=1S/C20H26N2O2/c1-23-13-14-2-4-15(5-3-14)16-6-9-18(10-7-16)24-20-11-8-17(21)12-19(20)22/h6-12,14-15H,2-5,13,21-22H2,1H3. The molecule has 0 aliphatic heterocycles. The van der Waals surface area contributed by atoms with E-state index in [1.54, 1.807) is 25.3 Å². The molecule has 0 atom stereocenters. The van der Waals surface area contributed by atoms with Crippen molar-refractivity contribution in [3.05, 3.63) is 48.0 Å². The molecule has 24 heavy (non-hydrogen) atoms. The zero-order valence-corrected chi connectivity index (χ0v) is 14.2. The normalized spacial score (nSPS) is 20.7. The summed E-state index contributed by atoms with van der Waals surface area (Å²) in [6.45, 7) is 0.891. The molecule has 4 heteroatoms. The quantitative estimate of drug-likeness (QED) is 0.790. The lowest BCUT2D eigenvalue weighted by Gasteiger charge is -2.28. The molecule has 0 amide bonds. The number of ether oxygens (including phenoxy) is 2. The van der Waals surface area contributed by atoms with Crippen LogP contribution in [0.3, 0.4) is 0 Å². The average molecular weight is 326 g/mol. The summed E-state index contributed by atoms with van der Waals surface area (Å²) in [4.78, 5) is 0. The van der Waals surface area contributed by atoms with E-state index in [0.717, 1.165) is 18.3 Å². The number of rotatable bonds is 5. The number of nitrogens with two attached hydrogens (primary N) is 2. The number of hydrogen-bond acceptors (Lipinski definition) is 4. The van der Waals surface area contributed by atoms with Crippen molar-refractivity contribution in [1.82, 2.24) is 0 Å². The second-order valence-corrected chi connectivity index (χ2v) is 6.64. The average Bonchev–Trinajstić information content (AvgIpc) is 2.59. The predicted molar refractivity (Wildman–Crippen MR) is 98.4 cm³/mol. The molecule has 3 rings (SSSR count). The molecule has 1 aliphatic rings. The van der Waals surface area contributed by atoms with Gasteiger partial charge in [-0.05, 0) is 73.4 Å². The Balaban J connectivity index is 1.61. The van der Waals surface area contributed by atoms with E-state index in [1.165, 1.54) is 31.2 Å². The largest absolute Gasteiger partial charge is 0.455 e. The van der Waals surface area contributed by atoms with Crippen molar-refractivity contribution in [2.45, 2.75) is 31.6 Å². The highest BCUT2D eigenvalue weighted by molar-refractivity contribution is 5.61. The van der Waals surface area contributed by atoms with E-state index < -0.39 is 0 Å². The van der Waals surface area contributed by atoms with Crippen LogP contribution in [0.25, 0.3) is 0 Å². The first-order valence-corrected chi connectivity index (χ1v) is 8.57. The number of methoxy groups -OCH3 is 1. The third-order valence-electron chi connectivity index (χ3n) is 4.86. The van der Waals surface area contributed by atoms with E-state index in [1.807, 2.05) is 12.1 Å². The summed E-state index contributed by atoms with van der Waals surface area (Å²) in [6, 6.07) is 13.7. The van der Waals surface area contributed by atoms with Crippen LogP contribution in [0.15, 0.2) is 42.5 Å². The minimum absolute atomic E-state index is 0.551. The first-order valence-electron chi connectivity index (χ1n) is 8.57. The Morgan fingerprint density at radius 1 is 0.958 bits per heavy atom. The van der Waals surface area contributed by atoms with Crippen LogP contribution in [0, 0.1) is 5.92 Å². The van der Waals surface area contributed by atoms with Crippen LogP contribution in [-0.2, 0) is 4.74 Å². The zero-order valence-electron chi connectivity index (χ0n) is 14.2. The smallest absolute Gasteiger partial charge is 0.150 e. The van der Waals surface area contributed by atoms with Gasteiger partial charge in [0.05, 0.1) is 5.69 Å². The van der Waals surface area contributed by atoms with Gasteiger partial charge in [0.25, 0.3) is 0 Å². The molecule has 0 bridgehead atoms. The summed E-state index contributed by atoms with van der Waals surface area (Å²) >= 11 is 0. The lowest BCUT2D eigenvalue weighted by Crippen LogP contribution is -2.17. The van der Waals surface area contributed by atoms with Gasteiger partial charge in [-0.2, -0.15) is 0 Å². The maximum atomic E-state index is 5.94. The molecule has 0 heterocycles. The van der Waals surface area contributed by atoms with Gasteiger partial charge in [-0.1, -0.05) is 12.1 Å². The molecular weight excluding hydrogens is 300 g/mol. The highest BCUT2D eigenvalue weighted by atomic mass is 16.5. The van der Waals surface area contributed by atoms with E-state index in [4.69, 9.17) is 20.9 Å². The zero-order chi connectivity index (χ0) is 16.9. The van der Waals surface area contributed by atoms with Gasteiger partial charge >= 0.3 is 0 Å². The second kappa shape index (κ2) is 7.58. The van der Waals surface area contributed by atoms with Crippen molar-refractivity contribution < 1.29 is 9.47 Å². The molecule has 1 aliphatic carbocycles. The molecule has 4 nitrogen and oxygen atoms in total. The molecule has 4 N–H and O–H groups in total. The maximum absolute atomic E-state index is 5.94. The molecule has 2 aromatic carbocycles. The summed E-state index contributed by atoms with van der Waals surface area (Å²) in [5, 5.41) is 0. The number of hydrogen-bond donors (Lipinski definition) is 2.